The fourth-order valence-corrected chi connectivity index (χ4v) is 2.99. The van der Waals surface area contributed by atoms with Gasteiger partial charge in [0.05, 0.1) is 17.0 Å². The van der Waals surface area contributed by atoms with Crippen molar-refractivity contribution >= 4 is 11.6 Å². The second-order valence-electron chi connectivity index (χ2n) is 6.27. The average molecular weight is 376 g/mol. The molecule has 0 saturated carbocycles. The molecular weight excluding hydrogens is 356 g/mol. The topological polar surface area (TPSA) is 72.7 Å². The Kier molecular flexibility index (Phi) is 6.01. The van der Waals surface area contributed by atoms with Gasteiger partial charge in [-0.2, -0.15) is 0 Å². The van der Waals surface area contributed by atoms with Crippen LogP contribution in [-0.2, 0) is 4.79 Å². The van der Waals surface area contributed by atoms with E-state index in [2.05, 4.69) is 0 Å². The zero-order valence-electron chi connectivity index (χ0n) is 15.4. The minimum absolute atomic E-state index is 0.0789. The Balaban J connectivity index is 1.77. The molecule has 0 N–H and O–H groups in total. The number of nitro groups is 1. The third kappa shape index (κ3) is 4.54. The van der Waals surface area contributed by atoms with Crippen LogP contribution in [0.3, 0.4) is 0 Å². The Morgan fingerprint density at radius 3 is 2.07 bits per heavy atom. The number of hydrogen-bond donors (Lipinski definition) is 0. The first kappa shape index (κ1) is 19.1. The third-order valence-electron chi connectivity index (χ3n) is 4.40. The molecule has 1 amide bonds. The maximum absolute atomic E-state index is 12.8. The van der Waals surface area contributed by atoms with Gasteiger partial charge in [-0.25, -0.2) is 0 Å². The number of likely N-dealkylation sites (N-methyl/N-ethyl adjacent to an activating group) is 1. The van der Waals surface area contributed by atoms with Crippen molar-refractivity contribution in [2.24, 2.45) is 0 Å². The molecular formula is C22H20N2O4. The molecule has 0 spiro atoms. The first-order valence-corrected chi connectivity index (χ1v) is 8.79. The normalized spacial score (nSPS) is 10.5. The van der Waals surface area contributed by atoms with Gasteiger partial charge >= 0.3 is 0 Å². The lowest BCUT2D eigenvalue weighted by atomic mass is 9.97. The van der Waals surface area contributed by atoms with Crippen LogP contribution in [0.1, 0.15) is 17.2 Å². The van der Waals surface area contributed by atoms with Crippen LogP contribution >= 0.6 is 0 Å². The summed E-state index contributed by atoms with van der Waals surface area (Å²) >= 11 is 0. The van der Waals surface area contributed by atoms with Gasteiger partial charge in [0.25, 0.3) is 11.6 Å². The van der Waals surface area contributed by atoms with E-state index >= 15 is 0 Å². The van der Waals surface area contributed by atoms with E-state index in [1.165, 1.54) is 18.2 Å². The second-order valence-corrected chi connectivity index (χ2v) is 6.27. The van der Waals surface area contributed by atoms with Crippen molar-refractivity contribution in [3.05, 3.63) is 106 Å². The molecule has 28 heavy (non-hydrogen) atoms. The molecule has 0 aliphatic carbocycles. The van der Waals surface area contributed by atoms with E-state index < -0.39 is 4.92 Å². The minimum atomic E-state index is -0.498. The van der Waals surface area contributed by atoms with Gasteiger partial charge in [-0.05, 0) is 17.2 Å². The average Bonchev–Trinajstić information content (AvgIpc) is 2.74. The Morgan fingerprint density at radius 2 is 1.54 bits per heavy atom. The number of carbonyl (C=O) groups excluding carboxylic acids is 1. The lowest BCUT2D eigenvalue weighted by Crippen LogP contribution is -2.35. The molecule has 3 aromatic rings. The van der Waals surface area contributed by atoms with Crippen LogP contribution in [0.15, 0.2) is 84.9 Å². The van der Waals surface area contributed by atoms with E-state index in [0.29, 0.717) is 0 Å². The predicted molar refractivity (Wildman–Crippen MR) is 106 cm³/mol. The number of nitrogens with zero attached hydrogens (tertiary/aromatic N) is 2. The molecule has 0 saturated heterocycles. The summed E-state index contributed by atoms with van der Waals surface area (Å²) < 4.78 is 5.51. The van der Waals surface area contributed by atoms with E-state index in [9.17, 15) is 14.9 Å². The van der Waals surface area contributed by atoms with Crippen LogP contribution in [0.5, 0.6) is 5.75 Å². The smallest absolute Gasteiger partial charge is 0.273 e. The van der Waals surface area contributed by atoms with Gasteiger partial charge < -0.3 is 9.64 Å². The van der Waals surface area contributed by atoms with Gasteiger partial charge in [0.2, 0.25) is 0 Å². The maximum atomic E-state index is 12.8. The highest BCUT2D eigenvalue weighted by Crippen LogP contribution is 2.27. The SMILES string of the molecule is CN(C(=O)COc1cccc([N+](=O)[O-])c1)C(c1ccccc1)c1ccccc1. The van der Waals surface area contributed by atoms with Crippen molar-refractivity contribution < 1.29 is 14.5 Å². The van der Waals surface area contributed by atoms with E-state index in [4.69, 9.17) is 4.74 Å². The first-order valence-electron chi connectivity index (χ1n) is 8.79. The van der Waals surface area contributed by atoms with Crippen molar-refractivity contribution in [1.82, 2.24) is 4.90 Å². The zero-order chi connectivity index (χ0) is 19.9. The summed E-state index contributed by atoms with van der Waals surface area (Å²) in [7, 11) is 1.73. The van der Waals surface area contributed by atoms with Crippen molar-refractivity contribution in [2.75, 3.05) is 13.7 Å². The van der Waals surface area contributed by atoms with Crippen molar-refractivity contribution in [3.63, 3.8) is 0 Å². The Bertz CT molecular complexity index is 906. The van der Waals surface area contributed by atoms with Crippen molar-refractivity contribution in [1.29, 1.82) is 0 Å². The fraction of sp³-hybridized carbons (Fsp3) is 0.136. The van der Waals surface area contributed by atoms with Crippen molar-refractivity contribution in [3.8, 4) is 5.75 Å². The largest absolute Gasteiger partial charge is 0.484 e. The van der Waals surface area contributed by atoms with Gasteiger partial charge in [-0.1, -0.05) is 66.7 Å². The van der Waals surface area contributed by atoms with Gasteiger partial charge in [-0.15, -0.1) is 0 Å². The molecule has 0 radical (unpaired) electrons. The number of nitro benzene ring substituents is 1. The second kappa shape index (κ2) is 8.81. The minimum Gasteiger partial charge on any atom is -0.484 e. The van der Waals surface area contributed by atoms with E-state index in [1.807, 2.05) is 60.7 Å². The van der Waals surface area contributed by atoms with Gasteiger partial charge in [0, 0.05) is 13.1 Å². The van der Waals surface area contributed by atoms with Crippen LogP contribution in [0.4, 0.5) is 5.69 Å². The number of ether oxygens (including phenoxy) is 1. The molecule has 142 valence electrons. The first-order chi connectivity index (χ1) is 13.6. The molecule has 6 nitrogen and oxygen atoms in total. The van der Waals surface area contributed by atoms with E-state index in [0.717, 1.165) is 11.1 Å². The molecule has 0 fully saturated rings. The summed E-state index contributed by atoms with van der Waals surface area (Å²) in [5, 5.41) is 10.9. The molecule has 0 bridgehead atoms. The highest BCUT2D eigenvalue weighted by Gasteiger charge is 2.23. The van der Waals surface area contributed by atoms with Gasteiger partial charge in [0.1, 0.15) is 5.75 Å². The van der Waals surface area contributed by atoms with E-state index in [-0.39, 0.29) is 30.0 Å². The quantitative estimate of drug-likeness (QED) is 0.457. The maximum Gasteiger partial charge on any atom is 0.273 e. The zero-order valence-corrected chi connectivity index (χ0v) is 15.4. The lowest BCUT2D eigenvalue weighted by molar-refractivity contribution is -0.384. The standard InChI is InChI=1S/C22H20N2O4/c1-23(21(25)16-28-20-14-8-13-19(15-20)24(26)27)22(17-9-4-2-5-10-17)18-11-6-3-7-12-18/h2-15,22H,16H2,1H3. The summed E-state index contributed by atoms with van der Waals surface area (Å²) in [6, 6.07) is 25.0. The molecule has 0 heterocycles. The Morgan fingerprint density at radius 1 is 0.964 bits per heavy atom. The Labute approximate surface area is 163 Å². The van der Waals surface area contributed by atoms with Gasteiger partial charge in [-0.3, -0.25) is 14.9 Å². The number of amides is 1. The predicted octanol–water partition coefficient (Wildman–Crippen LogP) is 4.22. The molecule has 3 aromatic carbocycles. The molecule has 0 aliphatic heterocycles. The molecule has 3 rings (SSSR count). The number of non-ortho nitro benzene ring substituents is 1. The summed E-state index contributed by atoms with van der Waals surface area (Å²) in [6.07, 6.45) is 0. The highest BCUT2D eigenvalue weighted by molar-refractivity contribution is 5.78. The number of benzene rings is 3. The molecule has 0 aromatic heterocycles. The lowest BCUT2D eigenvalue weighted by Gasteiger charge is -2.29. The number of carbonyl (C=O) groups is 1. The molecule has 6 heteroatoms. The Hall–Kier alpha value is -3.67. The summed E-state index contributed by atoms with van der Waals surface area (Å²) in [5.41, 5.74) is 1.89. The fourth-order valence-electron chi connectivity index (χ4n) is 2.99. The van der Waals surface area contributed by atoms with Crippen LogP contribution in [0.2, 0.25) is 0 Å². The summed E-state index contributed by atoms with van der Waals surface area (Å²) in [6.45, 7) is -0.214. The molecule has 0 atom stereocenters. The third-order valence-corrected chi connectivity index (χ3v) is 4.40. The summed E-state index contributed by atoms with van der Waals surface area (Å²) in [4.78, 5) is 24.8. The van der Waals surface area contributed by atoms with Crippen LogP contribution in [-0.4, -0.2) is 29.4 Å². The monoisotopic (exact) mass is 376 g/mol. The molecule has 0 unspecified atom stereocenters. The van der Waals surface area contributed by atoms with E-state index in [1.54, 1.807) is 18.0 Å². The van der Waals surface area contributed by atoms with Crippen LogP contribution in [0, 0.1) is 10.1 Å². The highest BCUT2D eigenvalue weighted by atomic mass is 16.6. The van der Waals surface area contributed by atoms with Crippen molar-refractivity contribution in [2.45, 2.75) is 6.04 Å². The van der Waals surface area contributed by atoms with Crippen LogP contribution < -0.4 is 4.74 Å². The van der Waals surface area contributed by atoms with Gasteiger partial charge in [0.15, 0.2) is 6.61 Å². The number of rotatable bonds is 7. The van der Waals surface area contributed by atoms with Crippen LogP contribution in [0.25, 0.3) is 0 Å². The number of hydrogen-bond acceptors (Lipinski definition) is 4. The molecule has 0 aliphatic rings. The summed E-state index contributed by atoms with van der Waals surface area (Å²) in [5.74, 6) is 0.0520.